The Morgan fingerprint density at radius 1 is 1.30 bits per heavy atom. The summed E-state index contributed by atoms with van der Waals surface area (Å²) in [6.45, 7) is 2.88. The third-order valence-corrected chi connectivity index (χ3v) is 5.24. The fourth-order valence-corrected chi connectivity index (χ4v) is 3.47. The van der Waals surface area contributed by atoms with Gasteiger partial charge in [0.15, 0.2) is 23.0 Å². The number of ether oxygens (including phenoxy) is 3. The summed E-state index contributed by atoms with van der Waals surface area (Å²) in [6.07, 6.45) is 1.56. The zero-order valence-corrected chi connectivity index (χ0v) is 18.5. The number of phenols is 1. The van der Waals surface area contributed by atoms with Crippen LogP contribution < -0.4 is 25.0 Å². The number of aromatic nitrogens is 3. The monoisotopic (exact) mass is 470 g/mol. The first-order chi connectivity index (χ1) is 16.1. The number of aromatic hydroxyl groups is 1. The van der Waals surface area contributed by atoms with Crippen LogP contribution in [-0.2, 0) is 11.3 Å². The molecule has 0 fully saturated rings. The minimum Gasteiger partial charge on any atom is -0.504 e. The number of rotatable bonds is 10. The highest BCUT2D eigenvalue weighted by molar-refractivity contribution is 7.99. The summed E-state index contributed by atoms with van der Waals surface area (Å²) in [5, 5.41) is 23.8. The number of carbonyl (C=O) groups excluding carboxylic acids is 1. The highest BCUT2D eigenvalue weighted by Crippen LogP contribution is 2.32. The number of phenolic OH excluding ortho intramolecular Hbond substituents is 1. The van der Waals surface area contributed by atoms with Crippen LogP contribution in [0.3, 0.4) is 0 Å². The van der Waals surface area contributed by atoms with E-state index >= 15 is 0 Å². The number of aromatic amines is 1. The van der Waals surface area contributed by atoms with Gasteiger partial charge in [-0.2, -0.15) is 10.1 Å². The Balaban J connectivity index is 1.21. The van der Waals surface area contributed by atoms with Crippen molar-refractivity contribution in [2.24, 2.45) is 5.10 Å². The molecule has 0 aliphatic carbocycles. The summed E-state index contributed by atoms with van der Waals surface area (Å²) in [6, 6.07) is 10.5. The van der Waals surface area contributed by atoms with Crippen LogP contribution in [0.25, 0.3) is 0 Å². The van der Waals surface area contributed by atoms with Crippen LogP contribution in [-0.4, -0.2) is 51.6 Å². The second-order valence-electron chi connectivity index (χ2n) is 6.75. The molecule has 33 heavy (non-hydrogen) atoms. The molecule has 0 bridgehead atoms. The predicted octanol–water partition coefficient (Wildman–Crippen LogP) is 2.49. The molecular weight excluding hydrogens is 448 g/mol. The molecule has 4 rings (SSSR count). The second kappa shape index (κ2) is 10.6. The highest BCUT2D eigenvalue weighted by Gasteiger charge is 2.14. The van der Waals surface area contributed by atoms with Crippen molar-refractivity contribution in [1.82, 2.24) is 20.5 Å². The molecule has 12 heteroatoms. The molecule has 0 unspecified atom stereocenters. The van der Waals surface area contributed by atoms with Gasteiger partial charge in [0.1, 0.15) is 0 Å². The van der Waals surface area contributed by atoms with Crippen molar-refractivity contribution in [3.8, 4) is 23.0 Å². The van der Waals surface area contributed by atoms with Crippen molar-refractivity contribution in [2.75, 3.05) is 24.6 Å². The third kappa shape index (κ3) is 6.07. The normalized spacial score (nSPS) is 12.2. The molecule has 172 valence electrons. The second-order valence-corrected chi connectivity index (χ2v) is 7.69. The first kappa shape index (κ1) is 22.3. The number of carbonyl (C=O) groups is 1. The summed E-state index contributed by atoms with van der Waals surface area (Å²) >= 11 is 1.20. The number of amides is 1. The molecule has 0 saturated carbocycles. The molecule has 0 atom stereocenters. The molecule has 1 amide bonds. The van der Waals surface area contributed by atoms with Gasteiger partial charge in [0.25, 0.3) is 0 Å². The van der Waals surface area contributed by atoms with Crippen molar-refractivity contribution in [1.29, 1.82) is 0 Å². The maximum Gasteiger partial charge on any atom is 0.240 e. The quantitative estimate of drug-likeness (QED) is 0.200. The maximum absolute atomic E-state index is 12.1. The van der Waals surface area contributed by atoms with Gasteiger partial charge in [0.2, 0.25) is 23.8 Å². The number of thioether (sulfide) groups is 1. The molecule has 1 aromatic heterocycles. The van der Waals surface area contributed by atoms with Gasteiger partial charge in [-0.05, 0) is 48.4 Å². The van der Waals surface area contributed by atoms with Crippen molar-refractivity contribution in [2.45, 2.75) is 18.6 Å². The lowest BCUT2D eigenvalue weighted by molar-refractivity contribution is -0.118. The average molecular weight is 471 g/mol. The summed E-state index contributed by atoms with van der Waals surface area (Å²) < 4.78 is 16.0. The molecule has 0 spiro atoms. The third-order valence-electron chi connectivity index (χ3n) is 4.39. The van der Waals surface area contributed by atoms with Crippen LogP contribution in [0, 0.1) is 0 Å². The molecule has 1 aliphatic rings. The molecule has 2 aromatic carbocycles. The predicted molar refractivity (Wildman–Crippen MR) is 122 cm³/mol. The number of hydrogen-bond donors (Lipinski definition) is 4. The fourth-order valence-electron chi connectivity index (χ4n) is 2.84. The minimum absolute atomic E-state index is 0.0683. The summed E-state index contributed by atoms with van der Waals surface area (Å²) in [5.41, 5.74) is 4.39. The van der Waals surface area contributed by atoms with Gasteiger partial charge in [0.05, 0.1) is 18.6 Å². The SMILES string of the molecule is CCOc1cc(/C=N\Nc2nc(SCC(=O)NCc3ccc4c(c3)OCO4)n[nH]2)ccc1O. The number of hydrogen-bond acceptors (Lipinski definition) is 10. The van der Waals surface area contributed by atoms with Crippen LogP contribution in [0.4, 0.5) is 5.95 Å². The molecule has 4 N–H and O–H groups in total. The molecule has 2 heterocycles. The first-order valence-corrected chi connectivity index (χ1v) is 11.0. The lowest BCUT2D eigenvalue weighted by Crippen LogP contribution is -2.24. The van der Waals surface area contributed by atoms with E-state index in [1.54, 1.807) is 18.3 Å². The number of anilines is 1. The Labute approximate surface area is 193 Å². The molecular formula is C21H22N6O5S. The Morgan fingerprint density at radius 3 is 3.06 bits per heavy atom. The van der Waals surface area contributed by atoms with E-state index in [0.717, 1.165) is 11.1 Å². The van der Waals surface area contributed by atoms with E-state index in [4.69, 9.17) is 14.2 Å². The van der Waals surface area contributed by atoms with Crippen LogP contribution in [0.15, 0.2) is 46.7 Å². The van der Waals surface area contributed by atoms with Gasteiger partial charge in [-0.3, -0.25) is 4.79 Å². The van der Waals surface area contributed by atoms with Gasteiger partial charge in [-0.15, -0.1) is 5.10 Å². The lowest BCUT2D eigenvalue weighted by Gasteiger charge is -2.05. The van der Waals surface area contributed by atoms with Crippen LogP contribution in [0.2, 0.25) is 0 Å². The topological polar surface area (TPSA) is 143 Å². The standard InChI is InChI=1S/C21H22N6O5S/c1-2-30-17-7-14(3-5-15(17)28)10-23-25-20-24-21(27-26-20)33-11-19(29)22-9-13-4-6-16-18(8-13)32-12-31-16/h3-8,10,28H,2,9,11-12H2,1H3,(H,22,29)(H2,24,25,26,27)/b23-10-. The fraction of sp³-hybridized carbons (Fsp3) is 0.238. The van der Waals surface area contributed by atoms with Gasteiger partial charge in [0, 0.05) is 6.54 Å². The molecule has 0 saturated heterocycles. The zero-order chi connectivity index (χ0) is 23.0. The van der Waals surface area contributed by atoms with Crippen molar-refractivity contribution >= 4 is 29.8 Å². The number of fused-ring (bicyclic) bond motifs is 1. The molecule has 0 radical (unpaired) electrons. The summed E-state index contributed by atoms with van der Waals surface area (Å²) in [5.74, 6) is 2.19. The number of nitrogens with zero attached hydrogens (tertiary/aromatic N) is 3. The van der Waals surface area contributed by atoms with Crippen molar-refractivity contribution in [3.05, 3.63) is 47.5 Å². The Hall–Kier alpha value is -3.93. The van der Waals surface area contributed by atoms with E-state index in [1.165, 1.54) is 17.8 Å². The van der Waals surface area contributed by atoms with Gasteiger partial charge in [-0.25, -0.2) is 10.5 Å². The van der Waals surface area contributed by atoms with E-state index < -0.39 is 0 Å². The summed E-state index contributed by atoms with van der Waals surface area (Å²) in [4.78, 5) is 16.4. The summed E-state index contributed by atoms with van der Waals surface area (Å²) in [7, 11) is 0. The smallest absolute Gasteiger partial charge is 0.240 e. The number of nitrogens with one attached hydrogen (secondary N) is 3. The van der Waals surface area contributed by atoms with Crippen molar-refractivity contribution < 1.29 is 24.1 Å². The highest BCUT2D eigenvalue weighted by atomic mass is 32.2. The average Bonchev–Trinajstić information content (AvgIpc) is 3.47. The van der Waals surface area contributed by atoms with Crippen molar-refractivity contribution in [3.63, 3.8) is 0 Å². The van der Waals surface area contributed by atoms with Crippen LogP contribution in [0.1, 0.15) is 18.1 Å². The zero-order valence-electron chi connectivity index (χ0n) is 17.7. The molecule has 11 nitrogen and oxygen atoms in total. The van der Waals surface area contributed by atoms with Crippen LogP contribution in [0.5, 0.6) is 23.0 Å². The Bertz CT molecular complexity index is 1150. The largest absolute Gasteiger partial charge is 0.504 e. The number of H-pyrrole nitrogens is 1. The van der Waals surface area contributed by atoms with E-state index in [0.29, 0.717) is 41.5 Å². The van der Waals surface area contributed by atoms with E-state index in [2.05, 4.69) is 31.0 Å². The van der Waals surface area contributed by atoms with Gasteiger partial charge >= 0.3 is 0 Å². The van der Waals surface area contributed by atoms with E-state index in [1.807, 2.05) is 25.1 Å². The maximum atomic E-state index is 12.1. The minimum atomic E-state index is -0.146. The molecule has 1 aliphatic heterocycles. The van der Waals surface area contributed by atoms with E-state index in [-0.39, 0.29) is 24.2 Å². The van der Waals surface area contributed by atoms with Gasteiger partial charge < -0.3 is 24.6 Å². The number of benzene rings is 2. The lowest BCUT2D eigenvalue weighted by atomic mass is 10.2. The van der Waals surface area contributed by atoms with Crippen LogP contribution >= 0.6 is 11.8 Å². The molecule has 3 aromatic rings. The van der Waals surface area contributed by atoms with E-state index in [9.17, 15) is 9.90 Å². The first-order valence-electron chi connectivity index (χ1n) is 10.1. The number of hydrazone groups is 1. The Kier molecular flexibility index (Phi) is 7.15. The van der Waals surface area contributed by atoms with Gasteiger partial charge in [-0.1, -0.05) is 17.8 Å². The Morgan fingerprint density at radius 2 is 2.18 bits per heavy atom.